The van der Waals surface area contributed by atoms with Gasteiger partial charge in [-0.05, 0) is 58.3 Å². The molecule has 1 nitrogen and oxygen atoms in total. The first-order valence-electron chi connectivity index (χ1n) is 5.52. The van der Waals surface area contributed by atoms with Crippen molar-refractivity contribution in [1.82, 2.24) is 0 Å². The van der Waals surface area contributed by atoms with Crippen LogP contribution in [0.15, 0.2) is 42.5 Å². The summed E-state index contributed by atoms with van der Waals surface area (Å²) < 4.78 is 14.5. The highest BCUT2D eigenvalue weighted by atomic mass is 127. The van der Waals surface area contributed by atoms with Crippen molar-refractivity contribution >= 4 is 34.2 Å². The molecule has 94 valence electrons. The van der Waals surface area contributed by atoms with Gasteiger partial charge in [0.1, 0.15) is 5.82 Å². The third kappa shape index (κ3) is 3.22. The molecule has 0 radical (unpaired) electrons. The molecule has 2 rings (SSSR count). The number of hydrogen-bond acceptors (Lipinski definition) is 1. The number of halogens is 3. The fraction of sp³-hybridized carbons (Fsp3) is 0.143. The van der Waals surface area contributed by atoms with E-state index in [9.17, 15) is 4.39 Å². The Balaban J connectivity index is 2.19. The fourth-order valence-corrected chi connectivity index (χ4v) is 2.71. The minimum atomic E-state index is -0.399. The molecule has 0 saturated heterocycles. The van der Waals surface area contributed by atoms with Gasteiger partial charge in [-0.25, -0.2) is 4.39 Å². The van der Waals surface area contributed by atoms with Gasteiger partial charge in [-0.2, -0.15) is 0 Å². The molecule has 0 aliphatic carbocycles. The maximum atomic E-state index is 13.3. The van der Waals surface area contributed by atoms with Crippen LogP contribution in [0.5, 0.6) is 0 Å². The van der Waals surface area contributed by atoms with Crippen LogP contribution in [-0.2, 0) is 6.42 Å². The number of hydrogen-bond donors (Lipinski definition) is 1. The van der Waals surface area contributed by atoms with Crippen LogP contribution in [0.2, 0.25) is 5.02 Å². The molecule has 0 aliphatic heterocycles. The molecule has 1 atom stereocenters. The monoisotopic (exact) mass is 375 g/mol. The van der Waals surface area contributed by atoms with Gasteiger partial charge in [0, 0.05) is 9.61 Å². The van der Waals surface area contributed by atoms with Crippen molar-refractivity contribution in [3.8, 4) is 0 Å². The Hall–Kier alpha value is -0.650. The third-order valence-corrected chi connectivity index (χ3v) is 4.03. The first kappa shape index (κ1) is 13.8. The van der Waals surface area contributed by atoms with Crippen LogP contribution in [0.1, 0.15) is 17.2 Å². The predicted octanol–water partition coefficient (Wildman–Crippen LogP) is 4.33. The van der Waals surface area contributed by atoms with Crippen molar-refractivity contribution in [1.29, 1.82) is 0 Å². The molecular weight excluding hydrogens is 364 g/mol. The average molecular weight is 376 g/mol. The van der Waals surface area contributed by atoms with E-state index in [1.54, 1.807) is 12.1 Å². The second-order valence-corrected chi connectivity index (χ2v) is 5.65. The molecule has 1 unspecified atom stereocenters. The summed E-state index contributed by atoms with van der Waals surface area (Å²) in [6.45, 7) is 0. The van der Waals surface area contributed by atoms with Gasteiger partial charge in [0.15, 0.2) is 0 Å². The molecule has 0 bridgehead atoms. The van der Waals surface area contributed by atoms with Crippen molar-refractivity contribution in [3.63, 3.8) is 0 Å². The lowest BCUT2D eigenvalue weighted by atomic mass is 10.00. The molecule has 2 N–H and O–H groups in total. The molecule has 2 aromatic rings. The summed E-state index contributed by atoms with van der Waals surface area (Å²) in [4.78, 5) is 0. The normalized spacial score (nSPS) is 12.4. The van der Waals surface area contributed by atoms with Crippen molar-refractivity contribution in [3.05, 3.63) is 68.0 Å². The van der Waals surface area contributed by atoms with E-state index in [2.05, 4.69) is 22.6 Å². The molecule has 4 heteroatoms. The van der Waals surface area contributed by atoms with Gasteiger partial charge in [-0.15, -0.1) is 0 Å². The molecule has 0 fully saturated rings. The van der Waals surface area contributed by atoms with Crippen molar-refractivity contribution < 1.29 is 4.39 Å². The van der Waals surface area contributed by atoms with Crippen LogP contribution in [0.4, 0.5) is 4.39 Å². The Labute approximate surface area is 124 Å². The van der Waals surface area contributed by atoms with Crippen LogP contribution >= 0.6 is 34.2 Å². The first-order chi connectivity index (χ1) is 8.58. The topological polar surface area (TPSA) is 26.0 Å². The van der Waals surface area contributed by atoms with Crippen LogP contribution < -0.4 is 5.73 Å². The molecule has 0 aromatic heterocycles. The lowest BCUT2D eigenvalue weighted by Gasteiger charge is -2.14. The van der Waals surface area contributed by atoms with E-state index in [-0.39, 0.29) is 11.1 Å². The maximum absolute atomic E-state index is 13.3. The molecule has 0 spiro atoms. The molecule has 0 saturated carbocycles. The van der Waals surface area contributed by atoms with E-state index in [1.165, 1.54) is 6.07 Å². The van der Waals surface area contributed by atoms with Crippen molar-refractivity contribution in [2.45, 2.75) is 12.5 Å². The number of nitrogens with two attached hydrogens (primary N) is 1. The fourth-order valence-electron chi connectivity index (χ4n) is 1.81. The zero-order chi connectivity index (χ0) is 13.1. The summed E-state index contributed by atoms with van der Waals surface area (Å²) in [5, 5.41) is 0.140. The Kier molecular flexibility index (Phi) is 4.59. The Morgan fingerprint density at radius 2 is 1.94 bits per heavy atom. The summed E-state index contributed by atoms with van der Waals surface area (Å²) in [5.74, 6) is -0.399. The van der Waals surface area contributed by atoms with Crippen molar-refractivity contribution in [2.75, 3.05) is 0 Å². The summed E-state index contributed by atoms with van der Waals surface area (Å²) >= 11 is 7.91. The van der Waals surface area contributed by atoms with E-state index < -0.39 is 5.82 Å². The SMILES string of the molecule is NC(Cc1ccc(Cl)c(F)c1)c1ccccc1I. The number of benzene rings is 2. The largest absolute Gasteiger partial charge is 0.324 e. The van der Waals surface area contributed by atoms with E-state index in [0.29, 0.717) is 6.42 Å². The molecular formula is C14H12ClFIN. The van der Waals surface area contributed by atoms with E-state index in [0.717, 1.165) is 14.7 Å². The minimum absolute atomic E-state index is 0.140. The van der Waals surface area contributed by atoms with Gasteiger partial charge in [0.2, 0.25) is 0 Å². The predicted molar refractivity (Wildman–Crippen MR) is 81.2 cm³/mol. The van der Waals surface area contributed by atoms with Gasteiger partial charge in [0.25, 0.3) is 0 Å². The van der Waals surface area contributed by atoms with E-state index in [4.69, 9.17) is 17.3 Å². The van der Waals surface area contributed by atoms with Crippen LogP contribution in [-0.4, -0.2) is 0 Å². The van der Waals surface area contributed by atoms with Crippen LogP contribution in [0.3, 0.4) is 0 Å². The highest BCUT2D eigenvalue weighted by molar-refractivity contribution is 14.1. The number of rotatable bonds is 3. The zero-order valence-electron chi connectivity index (χ0n) is 9.54. The second kappa shape index (κ2) is 5.99. The first-order valence-corrected chi connectivity index (χ1v) is 6.97. The molecule has 0 amide bonds. The third-order valence-electron chi connectivity index (χ3n) is 2.74. The Bertz CT molecular complexity index is 559. The quantitative estimate of drug-likeness (QED) is 0.794. The second-order valence-electron chi connectivity index (χ2n) is 4.08. The highest BCUT2D eigenvalue weighted by Crippen LogP contribution is 2.23. The van der Waals surface area contributed by atoms with Crippen molar-refractivity contribution in [2.24, 2.45) is 5.73 Å². The standard InChI is InChI=1S/C14H12ClFIN/c15-11-6-5-9(7-12(11)16)8-14(18)10-3-1-2-4-13(10)17/h1-7,14H,8,18H2. The van der Waals surface area contributed by atoms with Gasteiger partial charge in [-0.3, -0.25) is 0 Å². The highest BCUT2D eigenvalue weighted by Gasteiger charge is 2.11. The minimum Gasteiger partial charge on any atom is -0.324 e. The van der Waals surface area contributed by atoms with Gasteiger partial charge in [-0.1, -0.05) is 35.9 Å². The average Bonchev–Trinajstić information content (AvgIpc) is 2.34. The van der Waals surface area contributed by atoms with Gasteiger partial charge < -0.3 is 5.73 Å². The Morgan fingerprint density at radius 1 is 1.22 bits per heavy atom. The van der Waals surface area contributed by atoms with Gasteiger partial charge >= 0.3 is 0 Å². The summed E-state index contributed by atoms with van der Waals surface area (Å²) in [6.07, 6.45) is 0.591. The summed E-state index contributed by atoms with van der Waals surface area (Å²) in [5.41, 5.74) is 8.08. The lowest BCUT2D eigenvalue weighted by Crippen LogP contribution is -2.14. The van der Waals surface area contributed by atoms with E-state index >= 15 is 0 Å². The van der Waals surface area contributed by atoms with E-state index in [1.807, 2.05) is 24.3 Å². The summed E-state index contributed by atoms with van der Waals surface area (Å²) in [7, 11) is 0. The van der Waals surface area contributed by atoms with Gasteiger partial charge in [0.05, 0.1) is 5.02 Å². The molecule has 18 heavy (non-hydrogen) atoms. The summed E-state index contributed by atoms with van der Waals surface area (Å²) in [6, 6.07) is 12.6. The van der Waals surface area contributed by atoms with Crippen LogP contribution in [0, 0.1) is 9.39 Å². The lowest BCUT2D eigenvalue weighted by molar-refractivity contribution is 0.622. The smallest absolute Gasteiger partial charge is 0.142 e. The molecule has 2 aromatic carbocycles. The maximum Gasteiger partial charge on any atom is 0.142 e. The van der Waals surface area contributed by atoms with Crippen LogP contribution in [0.25, 0.3) is 0 Å². The molecule has 0 heterocycles. The Morgan fingerprint density at radius 3 is 2.61 bits per heavy atom. The molecule has 0 aliphatic rings. The zero-order valence-corrected chi connectivity index (χ0v) is 12.5.